The molecule has 5 heteroatoms. The Hall–Kier alpha value is -3.34. The summed E-state index contributed by atoms with van der Waals surface area (Å²) in [5, 5.41) is 0. The van der Waals surface area contributed by atoms with Crippen LogP contribution in [0.25, 0.3) is 11.5 Å². The van der Waals surface area contributed by atoms with E-state index in [2.05, 4.69) is 11.6 Å². The van der Waals surface area contributed by atoms with Crippen molar-refractivity contribution in [2.45, 2.75) is 6.61 Å². The maximum absolute atomic E-state index is 12.3. The van der Waals surface area contributed by atoms with Crippen molar-refractivity contribution in [3.8, 4) is 17.2 Å². The van der Waals surface area contributed by atoms with Crippen LogP contribution < -0.4 is 4.74 Å². The third kappa shape index (κ3) is 4.14. The Kier molecular flexibility index (Phi) is 5.26. The zero-order chi connectivity index (χ0) is 17.5. The molecule has 0 unspecified atom stereocenters. The van der Waals surface area contributed by atoms with E-state index in [1.165, 1.54) is 6.26 Å². The largest absolute Gasteiger partial charge is 0.489 e. The second-order valence-electron chi connectivity index (χ2n) is 5.18. The quantitative estimate of drug-likeness (QED) is 0.477. The topological polar surface area (TPSA) is 61.6 Å². The van der Waals surface area contributed by atoms with Gasteiger partial charge >= 0.3 is 5.97 Å². The van der Waals surface area contributed by atoms with E-state index in [0.717, 1.165) is 5.56 Å². The molecule has 0 saturated heterocycles. The minimum Gasteiger partial charge on any atom is -0.489 e. The highest BCUT2D eigenvalue weighted by Gasteiger charge is 2.15. The molecule has 0 bridgehead atoms. The number of aromatic nitrogens is 1. The van der Waals surface area contributed by atoms with Crippen molar-refractivity contribution in [1.82, 2.24) is 4.98 Å². The molecule has 126 valence electrons. The van der Waals surface area contributed by atoms with Gasteiger partial charge in [0.05, 0.1) is 0 Å². The van der Waals surface area contributed by atoms with Gasteiger partial charge in [-0.3, -0.25) is 0 Å². The molecule has 0 aliphatic carbocycles. The summed E-state index contributed by atoms with van der Waals surface area (Å²) in [5.41, 5.74) is 1.76. The Morgan fingerprint density at radius 3 is 2.68 bits per heavy atom. The lowest BCUT2D eigenvalue weighted by Crippen LogP contribution is -2.08. The third-order valence-corrected chi connectivity index (χ3v) is 3.39. The molecule has 0 N–H and O–H groups in total. The molecule has 3 aromatic rings. The Labute approximate surface area is 145 Å². The van der Waals surface area contributed by atoms with Gasteiger partial charge in [0.2, 0.25) is 5.89 Å². The molecule has 0 saturated carbocycles. The number of hydrogen-bond donors (Lipinski definition) is 0. The SMILES string of the molecule is C=CCOc1ccccc1C(=O)OCc1coc(-c2ccccc2)n1. The molecular weight excluding hydrogens is 318 g/mol. The number of para-hydroxylation sites is 1. The van der Waals surface area contributed by atoms with Crippen molar-refractivity contribution in [2.75, 3.05) is 6.61 Å². The number of carbonyl (C=O) groups excluding carboxylic acids is 1. The number of carbonyl (C=O) groups is 1. The number of benzene rings is 2. The minimum absolute atomic E-state index is 0.0188. The van der Waals surface area contributed by atoms with E-state index >= 15 is 0 Å². The van der Waals surface area contributed by atoms with E-state index in [-0.39, 0.29) is 6.61 Å². The average molecular weight is 335 g/mol. The molecule has 0 fully saturated rings. The third-order valence-electron chi connectivity index (χ3n) is 3.39. The lowest BCUT2D eigenvalue weighted by Gasteiger charge is -2.09. The predicted octanol–water partition coefficient (Wildman–Crippen LogP) is 4.26. The van der Waals surface area contributed by atoms with Crippen LogP contribution in [-0.4, -0.2) is 17.6 Å². The fourth-order valence-corrected chi connectivity index (χ4v) is 2.21. The molecule has 2 aromatic carbocycles. The van der Waals surface area contributed by atoms with Crippen LogP contribution in [0.3, 0.4) is 0 Å². The van der Waals surface area contributed by atoms with Crippen LogP contribution in [0, 0.1) is 0 Å². The van der Waals surface area contributed by atoms with Crippen LogP contribution >= 0.6 is 0 Å². The van der Waals surface area contributed by atoms with Gasteiger partial charge in [-0.05, 0) is 24.3 Å². The second kappa shape index (κ2) is 7.97. The van der Waals surface area contributed by atoms with Crippen molar-refractivity contribution in [3.05, 3.63) is 84.8 Å². The number of esters is 1. The Balaban J connectivity index is 1.65. The Morgan fingerprint density at radius 1 is 1.12 bits per heavy atom. The summed E-state index contributed by atoms with van der Waals surface area (Å²) < 4.78 is 16.2. The highest BCUT2D eigenvalue weighted by atomic mass is 16.5. The van der Waals surface area contributed by atoms with E-state index in [4.69, 9.17) is 13.9 Å². The Morgan fingerprint density at radius 2 is 1.88 bits per heavy atom. The summed E-state index contributed by atoms with van der Waals surface area (Å²) >= 11 is 0. The number of nitrogens with zero attached hydrogens (tertiary/aromatic N) is 1. The van der Waals surface area contributed by atoms with Gasteiger partial charge in [-0.2, -0.15) is 0 Å². The van der Waals surface area contributed by atoms with E-state index in [9.17, 15) is 4.79 Å². The molecule has 0 aliphatic heterocycles. The molecule has 0 atom stereocenters. The molecule has 5 nitrogen and oxygen atoms in total. The van der Waals surface area contributed by atoms with Crippen molar-refractivity contribution in [2.24, 2.45) is 0 Å². The van der Waals surface area contributed by atoms with Crippen LogP contribution in [-0.2, 0) is 11.3 Å². The van der Waals surface area contributed by atoms with Crippen molar-refractivity contribution in [1.29, 1.82) is 0 Å². The first kappa shape index (κ1) is 16.5. The van der Waals surface area contributed by atoms with Crippen molar-refractivity contribution < 1.29 is 18.7 Å². The lowest BCUT2D eigenvalue weighted by molar-refractivity contribution is 0.0463. The van der Waals surface area contributed by atoms with Crippen LogP contribution in [0.15, 0.2) is 77.9 Å². The Bertz CT molecular complexity index is 855. The summed E-state index contributed by atoms with van der Waals surface area (Å²) in [6.45, 7) is 3.93. The van der Waals surface area contributed by atoms with Crippen LogP contribution in [0.4, 0.5) is 0 Å². The first-order valence-corrected chi connectivity index (χ1v) is 7.77. The smallest absolute Gasteiger partial charge is 0.342 e. The molecular formula is C20H17NO4. The number of oxazole rings is 1. The van der Waals surface area contributed by atoms with Crippen molar-refractivity contribution >= 4 is 5.97 Å². The van der Waals surface area contributed by atoms with Gasteiger partial charge in [0.1, 0.15) is 36.5 Å². The van der Waals surface area contributed by atoms with Gasteiger partial charge in [-0.25, -0.2) is 9.78 Å². The maximum Gasteiger partial charge on any atom is 0.342 e. The van der Waals surface area contributed by atoms with Gasteiger partial charge in [0.25, 0.3) is 0 Å². The normalized spacial score (nSPS) is 10.2. The summed E-state index contributed by atoms with van der Waals surface area (Å²) in [5.74, 6) is 0.461. The number of hydrogen-bond acceptors (Lipinski definition) is 5. The second-order valence-corrected chi connectivity index (χ2v) is 5.18. The van der Waals surface area contributed by atoms with E-state index in [1.807, 2.05) is 30.3 Å². The fourth-order valence-electron chi connectivity index (χ4n) is 2.21. The monoisotopic (exact) mass is 335 g/mol. The van der Waals surface area contributed by atoms with Gasteiger partial charge in [-0.15, -0.1) is 0 Å². The number of ether oxygens (including phenoxy) is 2. The summed E-state index contributed by atoms with van der Waals surface area (Å²) in [6, 6.07) is 16.4. The molecule has 3 rings (SSSR count). The molecule has 0 spiro atoms. The maximum atomic E-state index is 12.3. The van der Waals surface area contributed by atoms with E-state index in [0.29, 0.717) is 29.5 Å². The zero-order valence-electron chi connectivity index (χ0n) is 13.6. The van der Waals surface area contributed by atoms with E-state index in [1.54, 1.807) is 30.3 Å². The number of rotatable bonds is 7. The van der Waals surface area contributed by atoms with Crippen LogP contribution in [0.1, 0.15) is 16.1 Å². The average Bonchev–Trinajstić information content (AvgIpc) is 3.14. The summed E-state index contributed by atoms with van der Waals surface area (Å²) in [6.07, 6.45) is 3.10. The molecule has 0 aliphatic rings. The van der Waals surface area contributed by atoms with Gasteiger partial charge in [-0.1, -0.05) is 43.0 Å². The minimum atomic E-state index is -0.482. The van der Waals surface area contributed by atoms with Crippen LogP contribution in [0.2, 0.25) is 0 Å². The summed E-state index contributed by atoms with van der Waals surface area (Å²) in [4.78, 5) is 16.6. The van der Waals surface area contributed by atoms with Crippen LogP contribution in [0.5, 0.6) is 5.75 Å². The first-order chi connectivity index (χ1) is 12.3. The highest BCUT2D eigenvalue weighted by molar-refractivity contribution is 5.92. The fraction of sp³-hybridized carbons (Fsp3) is 0.100. The lowest BCUT2D eigenvalue weighted by atomic mass is 10.2. The van der Waals surface area contributed by atoms with E-state index < -0.39 is 5.97 Å². The zero-order valence-corrected chi connectivity index (χ0v) is 13.6. The summed E-state index contributed by atoms with van der Waals surface area (Å²) in [7, 11) is 0. The molecule has 1 aromatic heterocycles. The van der Waals surface area contributed by atoms with Gasteiger partial charge < -0.3 is 13.9 Å². The first-order valence-electron chi connectivity index (χ1n) is 7.77. The van der Waals surface area contributed by atoms with Crippen molar-refractivity contribution in [3.63, 3.8) is 0 Å². The highest BCUT2D eigenvalue weighted by Crippen LogP contribution is 2.21. The van der Waals surface area contributed by atoms with Gasteiger partial charge in [0.15, 0.2) is 0 Å². The standard InChI is InChI=1S/C20H17NO4/c1-2-12-23-18-11-7-6-10-17(18)20(22)25-14-16-13-24-19(21-16)15-8-4-3-5-9-15/h2-11,13H,1,12,14H2. The van der Waals surface area contributed by atoms with Gasteiger partial charge in [0, 0.05) is 5.56 Å². The molecule has 0 radical (unpaired) electrons. The predicted molar refractivity (Wildman–Crippen MR) is 93.2 cm³/mol. The molecule has 25 heavy (non-hydrogen) atoms. The molecule has 0 amide bonds. The molecule has 1 heterocycles.